The zero-order valence-electron chi connectivity index (χ0n) is 15.6. The van der Waals surface area contributed by atoms with Crippen molar-refractivity contribution >= 4 is 23.4 Å². The molecule has 0 saturated heterocycles. The average Bonchev–Trinajstić information content (AvgIpc) is 2.77. The summed E-state index contributed by atoms with van der Waals surface area (Å²) in [6.07, 6.45) is 0. The van der Waals surface area contributed by atoms with E-state index in [9.17, 15) is 9.59 Å². The van der Waals surface area contributed by atoms with Crippen LogP contribution < -0.4 is 20.3 Å². The number of carbonyl (C=O) groups is 2. The molecule has 0 fully saturated rings. The molecule has 0 atom stereocenters. The van der Waals surface area contributed by atoms with E-state index in [1.165, 1.54) is 7.11 Å². The predicted octanol–water partition coefficient (Wildman–Crippen LogP) is 3.86. The minimum Gasteiger partial charge on any atom is -0.497 e. The molecule has 29 heavy (non-hydrogen) atoms. The number of hydrogen-bond acceptors (Lipinski definition) is 4. The maximum atomic E-state index is 12.0. The molecule has 0 aliphatic rings. The molecular formula is C22H19ClN2O4. The lowest BCUT2D eigenvalue weighted by molar-refractivity contribution is -0.123. The number of hydrazine groups is 1. The van der Waals surface area contributed by atoms with E-state index in [1.54, 1.807) is 36.4 Å². The molecule has 0 spiro atoms. The highest BCUT2D eigenvalue weighted by molar-refractivity contribution is 6.32. The van der Waals surface area contributed by atoms with Gasteiger partial charge in [0.15, 0.2) is 6.61 Å². The summed E-state index contributed by atoms with van der Waals surface area (Å²) >= 11 is 6.26. The molecule has 0 unspecified atom stereocenters. The second kappa shape index (κ2) is 9.61. The SMILES string of the molecule is COc1ccc(C(=O)NNC(=O)COc2ccc(-c3ccccc3)cc2Cl)cc1. The van der Waals surface area contributed by atoms with Gasteiger partial charge in [-0.05, 0) is 47.5 Å². The summed E-state index contributed by atoms with van der Waals surface area (Å²) < 4.78 is 10.5. The van der Waals surface area contributed by atoms with Crippen LogP contribution in [0.5, 0.6) is 11.5 Å². The van der Waals surface area contributed by atoms with Crippen LogP contribution in [0.1, 0.15) is 10.4 Å². The molecule has 7 heteroatoms. The fourth-order valence-electron chi connectivity index (χ4n) is 2.55. The van der Waals surface area contributed by atoms with Crippen molar-refractivity contribution in [2.75, 3.05) is 13.7 Å². The normalized spacial score (nSPS) is 10.1. The van der Waals surface area contributed by atoms with Gasteiger partial charge >= 0.3 is 0 Å². The molecule has 6 nitrogen and oxygen atoms in total. The summed E-state index contributed by atoms with van der Waals surface area (Å²) in [4.78, 5) is 24.0. The van der Waals surface area contributed by atoms with Crippen LogP contribution in [0.25, 0.3) is 11.1 Å². The lowest BCUT2D eigenvalue weighted by Crippen LogP contribution is -2.43. The van der Waals surface area contributed by atoms with Gasteiger partial charge in [-0.2, -0.15) is 0 Å². The predicted molar refractivity (Wildman–Crippen MR) is 111 cm³/mol. The van der Waals surface area contributed by atoms with Crippen molar-refractivity contribution in [1.29, 1.82) is 0 Å². The standard InChI is InChI=1S/C22H19ClN2O4/c1-28-18-10-7-16(8-11-18)22(27)25-24-21(26)14-29-20-12-9-17(13-19(20)23)15-5-3-2-4-6-15/h2-13H,14H2,1H3,(H,24,26)(H,25,27). The summed E-state index contributed by atoms with van der Waals surface area (Å²) in [6, 6.07) is 21.6. The minimum absolute atomic E-state index is 0.298. The molecule has 0 aromatic heterocycles. The number of amides is 2. The summed E-state index contributed by atoms with van der Waals surface area (Å²) in [7, 11) is 1.54. The first-order valence-electron chi connectivity index (χ1n) is 8.78. The molecule has 2 N–H and O–H groups in total. The smallest absolute Gasteiger partial charge is 0.276 e. The maximum Gasteiger partial charge on any atom is 0.276 e. The van der Waals surface area contributed by atoms with E-state index < -0.39 is 11.8 Å². The Hall–Kier alpha value is -3.51. The van der Waals surface area contributed by atoms with E-state index in [0.29, 0.717) is 22.1 Å². The third-order valence-electron chi connectivity index (χ3n) is 4.07. The molecule has 0 bridgehead atoms. The number of hydrogen-bond donors (Lipinski definition) is 2. The van der Waals surface area contributed by atoms with E-state index in [0.717, 1.165) is 11.1 Å². The molecular weight excluding hydrogens is 392 g/mol. The molecule has 0 radical (unpaired) electrons. The van der Waals surface area contributed by atoms with Gasteiger partial charge in [-0.15, -0.1) is 0 Å². The van der Waals surface area contributed by atoms with Gasteiger partial charge in [0, 0.05) is 5.56 Å². The van der Waals surface area contributed by atoms with E-state index in [-0.39, 0.29) is 6.61 Å². The number of methoxy groups -OCH3 is 1. The molecule has 2 amide bonds. The van der Waals surface area contributed by atoms with Gasteiger partial charge < -0.3 is 9.47 Å². The number of carbonyl (C=O) groups excluding carboxylic acids is 2. The van der Waals surface area contributed by atoms with Crippen LogP contribution in [-0.2, 0) is 4.79 Å². The van der Waals surface area contributed by atoms with Gasteiger partial charge in [-0.25, -0.2) is 0 Å². The number of rotatable bonds is 6. The highest BCUT2D eigenvalue weighted by Crippen LogP contribution is 2.30. The number of nitrogens with one attached hydrogen (secondary N) is 2. The van der Waals surface area contributed by atoms with Crippen molar-refractivity contribution in [3.8, 4) is 22.6 Å². The Labute approximate surface area is 173 Å². The van der Waals surface area contributed by atoms with Crippen LogP contribution in [0, 0.1) is 0 Å². The van der Waals surface area contributed by atoms with Crippen LogP contribution >= 0.6 is 11.6 Å². The Morgan fingerprint density at radius 3 is 2.28 bits per heavy atom. The van der Waals surface area contributed by atoms with Crippen LogP contribution in [0.3, 0.4) is 0 Å². The van der Waals surface area contributed by atoms with Crippen LogP contribution in [0.15, 0.2) is 72.8 Å². The van der Waals surface area contributed by atoms with E-state index in [2.05, 4.69) is 10.9 Å². The highest BCUT2D eigenvalue weighted by Gasteiger charge is 2.10. The third-order valence-corrected chi connectivity index (χ3v) is 4.36. The van der Waals surface area contributed by atoms with Crippen LogP contribution in [0.2, 0.25) is 5.02 Å². The van der Waals surface area contributed by atoms with Gasteiger partial charge in [-0.1, -0.05) is 48.0 Å². The highest BCUT2D eigenvalue weighted by atomic mass is 35.5. The second-order valence-corrected chi connectivity index (χ2v) is 6.44. The monoisotopic (exact) mass is 410 g/mol. The first-order chi connectivity index (χ1) is 14.1. The summed E-state index contributed by atoms with van der Waals surface area (Å²) in [6.45, 7) is -0.298. The molecule has 3 rings (SSSR count). The van der Waals surface area contributed by atoms with Gasteiger partial charge in [0.25, 0.3) is 11.8 Å². The van der Waals surface area contributed by atoms with E-state index >= 15 is 0 Å². The van der Waals surface area contributed by atoms with E-state index in [1.807, 2.05) is 36.4 Å². The summed E-state index contributed by atoms with van der Waals surface area (Å²) in [5.74, 6) is 0.0402. The Morgan fingerprint density at radius 2 is 1.62 bits per heavy atom. The molecule has 0 aliphatic heterocycles. The maximum absolute atomic E-state index is 12.0. The Kier molecular flexibility index (Phi) is 6.71. The quantitative estimate of drug-likeness (QED) is 0.605. The van der Waals surface area contributed by atoms with Crippen molar-refractivity contribution in [2.45, 2.75) is 0 Å². The van der Waals surface area contributed by atoms with Gasteiger partial charge in [0.1, 0.15) is 11.5 Å². The minimum atomic E-state index is -0.518. The fourth-order valence-corrected chi connectivity index (χ4v) is 2.78. The first-order valence-corrected chi connectivity index (χ1v) is 9.15. The molecule has 3 aromatic carbocycles. The molecule has 3 aromatic rings. The third kappa shape index (κ3) is 5.49. The van der Waals surface area contributed by atoms with Crippen molar-refractivity contribution in [3.63, 3.8) is 0 Å². The molecule has 148 valence electrons. The van der Waals surface area contributed by atoms with Crippen molar-refractivity contribution in [1.82, 2.24) is 10.9 Å². The zero-order chi connectivity index (χ0) is 20.6. The number of benzene rings is 3. The molecule has 0 aliphatic carbocycles. The number of halogens is 1. The van der Waals surface area contributed by atoms with Crippen LogP contribution in [0.4, 0.5) is 0 Å². The zero-order valence-corrected chi connectivity index (χ0v) is 16.4. The van der Waals surface area contributed by atoms with Crippen LogP contribution in [-0.4, -0.2) is 25.5 Å². The van der Waals surface area contributed by atoms with Crippen molar-refractivity contribution < 1.29 is 19.1 Å². The Balaban J connectivity index is 1.50. The lowest BCUT2D eigenvalue weighted by Gasteiger charge is -2.11. The largest absolute Gasteiger partial charge is 0.497 e. The topological polar surface area (TPSA) is 76.7 Å². The fraction of sp³-hybridized carbons (Fsp3) is 0.0909. The van der Waals surface area contributed by atoms with Crippen molar-refractivity contribution in [2.24, 2.45) is 0 Å². The number of ether oxygens (including phenoxy) is 2. The van der Waals surface area contributed by atoms with Gasteiger partial charge in [-0.3, -0.25) is 20.4 Å². The Bertz CT molecular complexity index is 991. The van der Waals surface area contributed by atoms with Crippen molar-refractivity contribution in [3.05, 3.63) is 83.4 Å². The molecule has 0 heterocycles. The average molecular weight is 411 g/mol. The van der Waals surface area contributed by atoms with Gasteiger partial charge in [0.05, 0.1) is 12.1 Å². The van der Waals surface area contributed by atoms with E-state index in [4.69, 9.17) is 21.1 Å². The Morgan fingerprint density at radius 1 is 0.897 bits per heavy atom. The summed E-state index contributed by atoms with van der Waals surface area (Å²) in [5.41, 5.74) is 6.98. The lowest BCUT2D eigenvalue weighted by atomic mass is 10.1. The first kappa shape index (κ1) is 20.2. The van der Waals surface area contributed by atoms with Gasteiger partial charge in [0.2, 0.25) is 0 Å². The second-order valence-electron chi connectivity index (χ2n) is 6.03. The molecule has 0 saturated carbocycles. The summed E-state index contributed by atoms with van der Waals surface area (Å²) in [5, 5.41) is 0.390.